The Morgan fingerprint density at radius 1 is 1.19 bits per heavy atom. The summed E-state index contributed by atoms with van der Waals surface area (Å²) in [6.07, 6.45) is 0. The number of nitrogens with zero attached hydrogens (tertiary/aromatic N) is 2. The van der Waals surface area contributed by atoms with E-state index in [0.29, 0.717) is 0 Å². The number of aromatic nitrogens is 1. The lowest BCUT2D eigenvalue weighted by molar-refractivity contribution is 0.206. The van der Waals surface area contributed by atoms with E-state index in [1.807, 2.05) is 0 Å². The molecule has 4 nitrogen and oxygen atoms in total. The van der Waals surface area contributed by atoms with Gasteiger partial charge in [0.1, 0.15) is 0 Å². The van der Waals surface area contributed by atoms with Gasteiger partial charge in [-0.05, 0) is 20.8 Å². The van der Waals surface area contributed by atoms with Crippen LogP contribution in [-0.2, 0) is 16.7 Å². The molecule has 1 aromatic rings. The standard InChI is InChI=1S/C16H31N3OS/c1-15(2,3)13-12(11-17-16(4,5)6)21-14(18-13)19(7)9-10-20-8/h17H,9-11H2,1-8H3. The lowest BCUT2D eigenvalue weighted by Gasteiger charge is -2.22. The maximum absolute atomic E-state index is 5.15. The van der Waals surface area contributed by atoms with E-state index in [9.17, 15) is 0 Å². The predicted octanol–water partition coefficient (Wildman–Crippen LogP) is 3.41. The Morgan fingerprint density at radius 3 is 2.29 bits per heavy atom. The van der Waals surface area contributed by atoms with Gasteiger partial charge in [-0.1, -0.05) is 20.8 Å². The zero-order valence-corrected chi connectivity index (χ0v) is 15.6. The van der Waals surface area contributed by atoms with E-state index >= 15 is 0 Å². The molecule has 122 valence electrons. The van der Waals surface area contributed by atoms with Crippen molar-refractivity contribution in [3.05, 3.63) is 10.6 Å². The molecule has 0 radical (unpaired) electrons. The van der Waals surface area contributed by atoms with E-state index in [1.54, 1.807) is 18.4 Å². The second-order valence-corrected chi connectivity index (χ2v) is 8.60. The molecule has 0 aliphatic heterocycles. The summed E-state index contributed by atoms with van der Waals surface area (Å²) < 4.78 is 5.15. The lowest BCUT2D eigenvalue weighted by Crippen LogP contribution is -2.35. The van der Waals surface area contributed by atoms with Crippen LogP contribution in [0, 0.1) is 0 Å². The number of hydrogen-bond donors (Lipinski definition) is 1. The number of anilines is 1. The Labute approximate surface area is 133 Å². The number of rotatable bonds is 6. The Kier molecular flexibility index (Phi) is 6.20. The van der Waals surface area contributed by atoms with Crippen LogP contribution in [0.15, 0.2) is 0 Å². The second-order valence-electron chi connectivity index (χ2n) is 7.54. The fourth-order valence-corrected chi connectivity index (χ4v) is 3.07. The van der Waals surface area contributed by atoms with E-state index in [1.165, 1.54) is 10.6 Å². The molecule has 1 N–H and O–H groups in total. The van der Waals surface area contributed by atoms with Gasteiger partial charge in [-0.3, -0.25) is 0 Å². The fourth-order valence-electron chi connectivity index (χ4n) is 1.88. The first-order chi connectivity index (χ1) is 9.54. The first-order valence-electron chi connectivity index (χ1n) is 7.50. The number of thiazole rings is 1. The Hall–Kier alpha value is -0.650. The van der Waals surface area contributed by atoms with Gasteiger partial charge in [-0.15, -0.1) is 11.3 Å². The van der Waals surface area contributed by atoms with Gasteiger partial charge < -0.3 is 15.0 Å². The molecule has 0 unspecified atom stereocenters. The zero-order chi connectivity index (χ0) is 16.3. The normalized spacial score (nSPS) is 12.8. The van der Waals surface area contributed by atoms with Crippen molar-refractivity contribution in [2.24, 2.45) is 0 Å². The molecular weight excluding hydrogens is 282 g/mol. The third-order valence-electron chi connectivity index (χ3n) is 3.13. The van der Waals surface area contributed by atoms with Crippen LogP contribution >= 0.6 is 11.3 Å². The van der Waals surface area contributed by atoms with Gasteiger partial charge in [-0.25, -0.2) is 4.98 Å². The first kappa shape index (κ1) is 18.4. The molecule has 0 saturated heterocycles. The van der Waals surface area contributed by atoms with Crippen LogP contribution in [0.25, 0.3) is 0 Å². The van der Waals surface area contributed by atoms with Crippen molar-refractivity contribution in [2.45, 2.75) is 59.0 Å². The summed E-state index contributed by atoms with van der Waals surface area (Å²) in [7, 11) is 3.81. The van der Waals surface area contributed by atoms with E-state index in [2.05, 4.69) is 58.8 Å². The third kappa shape index (κ3) is 5.93. The molecule has 1 rings (SSSR count). The average molecular weight is 314 g/mol. The first-order valence-corrected chi connectivity index (χ1v) is 8.31. The quantitative estimate of drug-likeness (QED) is 0.873. The Balaban J connectivity index is 2.96. The summed E-state index contributed by atoms with van der Waals surface area (Å²) in [5.74, 6) is 0. The van der Waals surface area contributed by atoms with Crippen LogP contribution in [0.5, 0.6) is 0 Å². The van der Waals surface area contributed by atoms with Crippen molar-refractivity contribution in [3.8, 4) is 0 Å². The van der Waals surface area contributed by atoms with Crippen molar-refractivity contribution in [1.82, 2.24) is 10.3 Å². The van der Waals surface area contributed by atoms with Crippen molar-refractivity contribution in [3.63, 3.8) is 0 Å². The Bertz CT molecular complexity index is 443. The molecule has 0 saturated carbocycles. The van der Waals surface area contributed by atoms with Crippen LogP contribution in [0.2, 0.25) is 0 Å². The highest BCUT2D eigenvalue weighted by Gasteiger charge is 2.25. The minimum atomic E-state index is 0.0613. The Morgan fingerprint density at radius 2 is 1.81 bits per heavy atom. The molecule has 0 aliphatic carbocycles. The second kappa shape index (κ2) is 7.07. The highest BCUT2D eigenvalue weighted by Crippen LogP contribution is 2.33. The number of methoxy groups -OCH3 is 1. The number of ether oxygens (including phenoxy) is 1. The molecule has 0 bridgehead atoms. The van der Waals surface area contributed by atoms with E-state index in [0.717, 1.165) is 24.8 Å². The van der Waals surface area contributed by atoms with Crippen molar-refractivity contribution in [2.75, 3.05) is 32.2 Å². The maximum Gasteiger partial charge on any atom is 0.185 e. The van der Waals surface area contributed by atoms with Gasteiger partial charge in [0.2, 0.25) is 0 Å². The summed E-state index contributed by atoms with van der Waals surface area (Å²) in [6, 6.07) is 0. The summed E-state index contributed by atoms with van der Waals surface area (Å²) in [5, 5.41) is 4.65. The zero-order valence-electron chi connectivity index (χ0n) is 14.8. The van der Waals surface area contributed by atoms with Gasteiger partial charge in [0.05, 0.1) is 12.3 Å². The predicted molar refractivity (Wildman–Crippen MR) is 92.6 cm³/mol. The number of hydrogen-bond acceptors (Lipinski definition) is 5. The van der Waals surface area contributed by atoms with Crippen molar-refractivity contribution >= 4 is 16.5 Å². The smallest absolute Gasteiger partial charge is 0.185 e. The molecule has 21 heavy (non-hydrogen) atoms. The van der Waals surface area contributed by atoms with E-state index in [-0.39, 0.29) is 11.0 Å². The maximum atomic E-state index is 5.15. The molecule has 0 spiro atoms. The fraction of sp³-hybridized carbons (Fsp3) is 0.812. The van der Waals surface area contributed by atoms with Crippen LogP contribution < -0.4 is 10.2 Å². The molecule has 0 fully saturated rings. The molecule has 5 heteroatoms. The molecule has 1 heterocycles. The SMILES string of the molecule is COCCN(C)c1nc(C(C)(C)C)c(CNC(C)(C)C)s1. The molecule has 1 aromatic heterocycles. The van der Waals surface area contributed by atoms with Crippen LogP contribution in [0.1, 0.15) is 52.1 Å². The third-order valence-corrected chi connectivity index (χ3v) is 4.30. The van der Waals surface area contributed by atoms with Crippen LogP contribution in [0.3, 0.4) is 0 Å². The number of likely N-dealkylation sites (N-methyl/N-ethyl adjacent to an activating group) is 1. The highest BCUT2D eigenvalue weighted by atomic mass is 32.1. The van der Waals surface area contributed by atoms with E-state index < -0.39 is 0 Å². The summed E-state index contributed by atoms with van der Waals surface area (Å²) in [6.45, 7) is 15.7. The summed E-state index contributed by atoms with van der Waals surface area (Å²) >= 11 is 1.78. The molecule has 0 aromatic carbocycles. The molecular formula is C16H31N3OS. The minimum absolute atomic E-state index is 0.0613. The summed E-state index contributed by atoms with van der Waals surface area (Å²) in [4.78, 5) is 8.38. The van der Waals surface area contributed by atoms with Crippen molar-refractivity contribution in [1.29, 1.82) is 0 Å². The van der Waals surface area contributed by atoms with Crippen LogP contribution in [-0.4, -0.2) is 37.8 Å². The molecule has 0 amide bonds. The van der Waals surface area contributed by atoms with Crippen molar-refractivity contribution < 1.29 is 4.74 Å². The van der Waals surface area contributed by atoms with Gasteiger partial charge in [-0.2, -0.15) is 0 Å². The van der Waals surface area contributed by atoms with Gasteiger partial charge in [0.25, 0.3) is 0 Å². The topological polar surface area (TPSA) is 37.4 Å². The summed E-state index contributed by atoms with van der Waals surface area (Å²) in [5.41, 5.74) is 1.37. The average Bonchev–Trinajstić information content (AvgIpc) is 2.76. The van der Waals surface area contributed by atoms with Gasteiger partial charge in [0, 0.05) is 43.1 Å². The van der Waals surface area contributed by atoms with Crippen LogP contribution in [0.4, 0.5) is 5.13 Å². The largest absolute Gasteiger partial charge is 0.383 e. The van der Waals surface area contributed by atoms with Gasteiger partial charge >= 0.3 is 0 Å². The van der Waals surface area contributed by atoms with E-state index in [4.69, 9.17) is 9.72 Å². The lowest BCUT2D eigenvalue weighted by atomic mass is 9.91. The minimum Gasteiger partial charge on any atom is -0.383 e. The highest BCUT2D eigenvalue weighted by molar-refractivity contribution is 7.15. The molecule has 0 atom stereocenters. The monoisotopic (exact) mass is 313 g/mol. The van der Waals surface area contributed by atoms with Gasteiger partial charge in [0.15, 0.2) is 5.13 Å². The number of nitrogens with one attached hydrogen (secondary N) is 1. The molecule has 0 aliphatic rings.